The first-order valence-electron chi connectivity index (χ1n) is 6.53. The van der Waals surface area contributed by atoms with E-state index in [9.17, 15) is 13.9 Å². The van der Waals surface area contributed by atoms with Crippen LogP contribution in [0.15, 0.2) is 18.2 Å². The topological polar surface area (TPSA) is 32.3 Å². The monoisotopic (exact) mass is 255 g/mol. The summed E-state index contributed by atoms with van der Waals surface area (Å²) in [6.07, 6.45) is 4.70. The molecule has 0 bridgehead atoms. The third-order valence-electron chi connectivity index (χ3n) is 3.53. The van der Waals surface area contributed by atoms with Crippen molar-refractivity contribution in [3.05, 3.63) is 35.4 Å². The van der Waals surface area contributed by atoms with Gasteiger partial charge in [0, 0.05) is 6.04 Å². The lowest BCUT2D eigenvalue weighted by molar-refractivity contribution is 0.165. The molecule has 0 heterocycles. The number of nitrogens with one attached hydrogen (secondary N) is 1. The molecule has 0 aliphatic heterocycles. The predicted molar refractivity (Wildman–Crippen MR) is 66.2 cm³/mol. The highest BCUT2D eigenvalue weighted by molar-refractivity contribution is 5.19. The van der Waals surface area contributed by atoms with Gasteiger partial charge in [0.15, 0.2) is 11.6 Å². The van der Waals surface area contributed by atoms with E-state index in [1.807, 2.05) is 0 Å². The second kappa shape index (κ2) is 6.25. The maximum Gasteiger partial charge on any atom is 0.159 e. The summed E-state index contributed by atoms with van der Waals surface area (Å²) in [6, 6.07) is 4.11. The van der Waals surface area contributed by atoms with Crippen molar-refractivity contribution in [3.63, 3.8) is 0 Å². The molecule has 0 aromatic heterocycles. The van der Waals surface area contributed by atoms with E-state index < -0.39 is 17.7 Å². The molecule has 0 spiro atoms. The highest BCUT2D eigenvalue weighted by Crippen LogP contribution is 2.20. The van der Waals surface area contributed by atoms with Crippen molar-refractivity contribution in [2.24, 2.45) is 0 Å². The van der Waals surface area contributed by atoms with E-state index in [0.29, 0.717) is 24.6 Å². The number of benzene rings is 1. The second-order valence-electron chi connectivity index (χ2n) is 4.91. The summed E-state index contributed by atoms with van der Waals surface area (Å²) in [7, 11) is 0. The Morgan fingerprint density at radius 3 is 2.61 bits per heavy atom. The number of halogens is 2. The Morgan fingerprint density at radius 1 is 1.22 bits per heavy atom. The van der Waals surface area contributed by atoms with Crippen molar-refractivity contribution < 1.29 is 13.9 Å². The molecule has 1 aliphatic rings. The lowest BCUT2D eigenvalue weighted by Gasteiger charge is -2.15. The van der Waals surface area contributed by atoms with E-state index >= 15 is 0 Å². The SMILES string of the molecule is OC(CCNC1CCCC1)c1ccc(F)c(F)c1. The van der Waals surface area contributed by atoms with Gasteiger partial charge in [-0.05, 0) is 43.5 Å². The normalized spacial score (nSPS) is 18.2. The Morgan fingerprint density at radius 2 is 1.94 bits per heavy atom. The van der Waals surface area contributed by atoms with Crippen LogP contribution in [-0.4, -0.2) is 17.7 Å². The van der Waals surface area contributed by atoms with E-state index in [4.69, 9.17) is 0 Å². The van der Waals surface area contributed by atoms with E-state index in [0.717, 1.165) is 12.1 Å². The third-order valence-corrected chi connectivity index (χ3v) is 3.53. The Kier molecular flexibility index (Phi) is 4.66. The van der Waals surface area contributed by atoms with Crippen LogP contribution in [0.4, 0.5) is 8.78 Å². The highest BCUT2D eigenvalue weighted by Gasteiger charge is 2.15. The summed E-state index contributed by atoms with van der Waals surface area (Å²) < 4.78 is 25.8. The molecule has 1 unspecified atom stereocenters. The maximum absolute atomic E-state index is 13.0. The maximum atomic E-state index is 13.0. The van der Waals surface area contributed by atoms with Crippen LogP contribution in [0.3, 0.4) is 0 Å². The van der Waals surface area contributed by atoms with Crippen molar-refractivity contribution in [1.82, 2.24) is 5.32 Å². The smallest absolute Gasteiger partial charge is 0.159 e. The van der Waals surface area contributed by atoms with Crippen molar-refractivity contribution in [2.75, 3.05) is 6.54 Å². The lowest BCUT2D eigenvalue weighted by atomic mass is 10.1. The summed E-state index contributed by atoms with van der Waals surface area (Å²) in [5.41, 5.74) is 0.433. The molecule has 4 heteroatoms. The molecule has 1 aromatic rings. The van der Waals surface area contributed by atoms with Gasteiger partial charge < -0.3 is 10.4 Å². The van der Waals surface area contributed by atoms with Crippen molar-refractivity contribution in [3.8, 4) is 0 Å². The van der Waals surface area contributed by atoms with Crippen LogP contribution in [0, 0.1) is 11.6 Å². The number of hydrogen-bond donors (Lipinski definition) is 2. The average molecular weight is 255 g/mol. The van der Waals surface area contributed by atoms with Gasteiger partial charge in [-0.3, -0.25) is 0 Å². The quantitative estimate of drug-likeness (QED) is 0.848. The van der Waals surface area contributed by atoms with Gasteiger partial charge in [-0.1, -0.05) is 18.9 Å². The minimum Gasteiger partial charge on any atom is -0.388 e. The summed E-state index contributed by atoms with van der Waals surface area (Å²) in [5, 5.41) is 13.3. The van der Waals surface area contributed by atoms with Crippen LogP contribution < -0.4 is 5.32 Å². The zero-order valence-electron chi connectivity index (χ0n) is 10.3. The molecule has 1 aliphatic carbocycles. The van der Waals surface area contributed by atoms with Gasteiger partial charge >= 0.3 is 0 Å². The zero-order valence-corrected chi connectivity index (χ0v) is 10.3. The molecule has 18 heavy (non-hydrogen) atoms. The number of aliphatic hydroxyl groups excluding tert-OH is 1. The first kappa shape index (κ1) is 13.4. The zero-order chi connectivity index (χ0) is 13.0. The van der Waals surface area contributed by atoms with E-state index in [1.165, 1.54) is 31.7 Å². The molecule has 2 nitrogen and oxygen atoms in total. The average Bonchev–Trinajstić information content (AvgIpc) is 2.85. The summed E-state index contributed by atoms with van der Waals surface area (Å²) in [4.78, 5) is 0. The van der Waals surface area contributed by atoms with Gasteiger partial charge in [0.2, 0.25) is 0 Å². The largest absolute Gasteiger partial charge is 0.388 e. The fourth-order valence-corrected chi connectivity index (χ4v) is 2.44. The van der Waals surface area contributed by atoms with Crippen molar-refractivity contribution >= 4 is 0 Å². The minimum atomic E-state index is -0.907. The standard InChI is InChI=1S/C14H19F2NO/c15-12-6-5-10(9-13(12)16)14(18)7-8-17-11-3-1-2-4-11/h5-6,9,11,14,17-18H,1-4,7-8H2. The molecule has 1 atom stereocenters. The predicted octanol–water partition coefficient (Wildman–Crippen LogP) is 2.92. The van der Waals surface area contributed by atoms with E-state index in [-0.39, 0.29) is 0 Å². The minimum absolute atomic E-state index is 0.433. The summed E-state index contributed by atoms with van der Waals surface area (Å²) in [6.45, 7) is 0.699. The molecule has 1 saturated carbocycles. The molecule has 2 N–H and O–H groups in total. The van der Waals surface area contributed by atoms with Crippen LogP contribution in [0.25, 0.3) is 0 Å². The van der Waals surface area contributed by atoms with E-state index in [1.54, 1.807) is 0 Å². The van der Waals surface area contributed by atoms with Gasteiger partial charge in [0.25, 0.3) is 0 Å². The Hall–Kier alpha value is -1.00. The molecule has 2 rings (SSSR count). The Bertz CT molecular complexity index is 391. The fraction of sp³-hybridized carbons (Fsp3) is 0.571. The van der Waals surface area contributed by atoms with Gasteiger partial charge in [0.1, 0.15) is 0 Å². The van der Waals surface area contributed by atoms with Crippen LogP contribution in [0.5, 0.6) is 0 Å². The second-order valence-corrected chi connectivity index (χ2v) is 4.91. The molecule has 0 amide bonds. The molecule has 100 valence electrons. The fourth-order valence-electron chi connectivity index (χ4n) is 2.44. The lowest BCUT2D eigenvalue weighted by Crippen LogP contribution is -2.27. The summed E-state index contributed by atoms with van der Waals surface area (Å²) >= 11 is 0. The molecular weight excluding hydrogens is 236 g/mol. The van der Waals surface area contributed by atoms with Gasteiger partial charge in [-0.15, -0.1) is 0 Å². The summed E-state index contributed by atoms with van der Waals surface area (Å²) in [5.74, 6) is -1.79. The molecular formula is C14H19F2NO. The first-order valence-corrected chi connectivity index (χ1v) is 6.53. The third kappa shape index (κ3) is 3.50. The molecule has 0 saturated heterocycles. The molecule has 1 fully saturated rings. The Labute approximate surface area is 106 Å². The first-order chi connectivity index (χ1) is 8.66. The van der Waals surface area contributed by atoms with Crippen LogP contribution in [-0.2, 0) is 0 Å². The van der Waals surface area contributed by atoms with Gasteiger partial charge in [-0.2, -0.15) is 0 Å². The van der Waals surface area contributed by atoms with Crippen LogP contribution >= 0.6 is 0 Å². The van der Waals surface area contributed by atoms with Crippen LogP contribution in [0.1, 0.15) is 43.8 Å². The Balaban J connectivity index is 1.79. The number of aliphatic hydroxyl groups is 1. The van der Waals surface area contributed by atoms with Crippen molar-refractivity contribution in [2.45, 2.75) is 44.2 Å². The molecule has 1 aromatic carbocycles. The molecule has 0 radical (unpaired) electrons. The number of rotatable bonds is 5. The van der Waals surface area contributed by atoms with E-state index in [2.05, 4.69) is 5.32 Å². The van der Waals surface area contributed by atoms with Gasteiger partial charge in [0.05, 0.1) is 6.10 Å². The van der Waals surface area contributed by atoms with Crippen molar-refractivity contribution in [1.29, 1.82) is 0 Å². The highest BCUT2D eigenvalue weighted by atomic mass is 19.2. The van der Waals surface area contributed by atoms with Gasteiger partial charge in [-0.25, -0.2) is 8.78 Å². The van der Waals surface area contributed by atoms with Crippen LogP contribution in [0.2, 0.25) is 0 Å². The number of hydrogen-bond acceptors (Lipinski definition) is 2.